The molecule has 0 spiro atoms. The number of carboxylic acids is 1. The molecule has 15 heteroatoms. The summed E-state index contributed by atoms with van der Waals surface area (Å²) >= 11 is 1.69. The Morgan fingerprint density at radius 2 is 1.77 bits per heavy atom. The van der Waals surface area contributed by atoms with Crippen LogP contribution in [0.15, 0.2) is 30.7 Å². The number of amides is 1. The van der Waals surface area contributed by atoms with Gasteiger partial charge in [0.05, 0.1) is 11.8 Å². The first-order chi connectivity index (χ1) is 20.1. The number of alkyl halides is 3. The Kier molecular flexibility index (Phi) is 9.06. The number of carbonyl (C=O) groups excluding carboxylic acids is 1. The highest BCUT2D eigenvalue weighted by molar-refractivity contribution is 7.22. The number of nitrogens with zero attached hydrogens (tertiary/aromatic N) is 5. The van der Waals surface area contributed by atoms with Crippen molar-refractivity contribution in [1.29, 1.82) is 0 Å². The number of carboxylic acid groups (broad SMARTS) is 1. The molecule has 43 heavy (non-hydrogen) atoms. The summed E-state index contributed by atoms with van der Waals surface area (Å²) in [5.41, 5.74) is 9.98. The number of nitrogen functional groups attached to an aromatic ring is 1. The molecule has 3 aromatic heterocycles. The molecule has 1 aromatic carbocycles. The smallest absolute Gasteiger partial charge is 0.490 e. The number of anilines is 1. The van der Waals surface area contributed by atoms with Crippen LogP contribution in [0.1, 0.15) is 31.9 Å². The highest BCUT2D eigenvalue weighted by Crippen LogP contribution is 2.43. The maximum Gasteiger partial charge on any atom is 0.490 e. The van der Waals surface area contributed by atoms with E-state index in [0.717, 1.165) is 56.0 Å². The molecule has 3 N–H and O–H groups in total. The molecule has 1 fully saturated rings. The molecular formula is C28H33F3N6O5S. The normalized spacial score (nSPS) is 14.5. The van der Waals surface area contributed by atoms with Crippen molar-refractivity contribution >= 4 is 44.8 Å². The molecule has 0 unspecified atom stereocenters. The summed E-state index contributed by atoms with van der Waals surface area (Å²) in [6.45, 7) is 11.2. The first-order valence-corrected chi connectivity index (χ1v) is 14.1. The topological polar surface area (TPSA) is 136 Å². The van der Waals surface area contributed by atoms with E-state index >= 15 is 0 Å². The lowest BCUT2D eigenvalue weighted by Gasteiger charge is -2.35. The van der Waals surface area contributed by atoms with E-state index in [0.29, 0.717) is 25.5 Å². The third-order valence-electron chi connectivity index (χ3n) is 6.53. The van der Waals surface area contributed by atoms with Crippen LogP contribution in [0.2, 0.25) is 0 Å². The van der Waals surface area contributed by atoms with Crippen LogP contribution in [0.3, 0.4) is 0 Å². The van der Waals surface area contributed by atoms with E-state index in [1.54, 1.807) is 23.3 Å². The van der Waals surface area contributed by atoms with Gasteiger partial charge < -0.3 is 25.2 Å². The van der Waals surface area contributed by atoms with Gasteiger partial charge in [0, 0.05) is 49.4 Å². The van der Waals surface area contributed by atoms with E-state index in [-0.39, 0.29) is 6.09 Å². The van der Waals surface area contributed by atoms with Gasteiger partial charge >= 0.3 is 18.2 Å². The fourth-order valence-electron chi connectivity index (χ4n) is 4.67. The number of carbonyl (C=O) groups is 2. The number of hydrogen-bond donors (Lipinski definition) is 2. The van der Waals surface area contributed by atoms with E-state index < -0.39 is 17.7 Å². The number of piperazine rings is 1. The second kappa shape index (κ2) is 12.2. The summed E-state index contributed by atoms with van der Waals surface area (Å²) in [4.78, 5) is 30.9. The van der Waals surface area contributed by atoms with Crippen molar-refractivity contribution in [3.8, 4) is 16.2 Å². The number of ether oxygens (including phenoxy) is 2. The minimum atomic E-state index is -5.08. The molecule has 1 aliphatic rings. The van der Waals surface area contributed by atoms with E-state index in [1.165, 1.54) is 6.33 Å². The number of aryl methyl sites for hydroxylation is 1. The van der Waals surface area contributed by atoms with Crippen molar-refractivity contribution in [3.63, 3.8) is 0 Å². The molecule has 0 bridgehead atoms. The van der Waals surface area contributed by atoms with Gasteiger partial charge in [0.15, 0.2) is 5.82 Å². The molecule has 0 saturated carbocycles. The van der Waals surface area contributed by atoms with Gasteiger partial charge in [0.25, 0.3) is 0 Å². The van der Waals surface area contributed by atoms with Gasteiger partial charge in [-0.25, -0.2) is 19.1 Å². The van der Waals surface area contributed by atoms with Gasteiger partial charge in [-0.2, -0.15) is 18.3 Å². The lowest BCUT2D eigenvalue weighted by molar-refractivity contribution is -0.192. The molecule has 5 rings (SSSR count). The molecule has 11 nitrogen and oxygen atoms in total. The average molecular weight is 623 g/mol. The van der Waals surface area contributed by atoms with Gasteiger partial charge in [0.1, 0.15) is 23.2 Å². The highest BCUT2D eigenvalue weighted by Gasteiger charge is 2.38. The molecule has 1 saturated heterocycles. The van der Waals surface area contributed by atoms with E-state index in [9.17, 15) is 18.0 Å². The van der Waals surface area contributed by atoms with Crippen LogP contribution >= 0.6 is 11.3 Å². The van der Waals surface area contributed by atoms with E-state index in [2.05, 4.69) is 40.1 Å². The van der Waals surface area contributed by atoms with Crippen LogP contribution in [0.25, 0.3) is 26.0 Å². The van der Waals surface area contributed by atoms with Gasteiger partial charge in [0.2, 0.25) is 0 Å². The summed E-state index contributed by atoms with van der Waals surface area (Å²) < 4.78 is 45.9. The predicted octanol–water partition coefficient (Wildman–Crippen LogP) is 5.20. The van der Waals surface area contributed by atoms with Crippen LogP contribution in [0.5, 0.6) is 5.75 Å². The quantitative estimate of drug-likeness (QED) is 0.315. The van der Waals surface area contributed by atoms with Crippen LogP contribution in [0.4, 0.5) is 23.8 Å². The second-order valence-electron chi connectivity index (χ2n) is 11.0. The number of aliphatic carboxylic acids is 1. The summed E-state index contributed by atoms with van der Waals surface area (Å²) in [6.07, 6.45) is -1.82. The standard InChI is InChI=1S/C26H32N6O3S.C2HF3O2/c1-16-10-17-12-20(36-23(17)19(11-16)34-5)21-18(14-32-22(21)24(27)28-15-29-32)13-30-6-8-31(9-7-30)25(33)35-26(2,3)4;3-2(4,5)1(6)7/h10-12,14-15H,6-9,13H2,1-5H3,(H2,27,28,29);(H,6,7). The SMILES string of the molecule is COc1cc(C)cc2cc(-c3c(CN4CCN(C(=O)OC(C)(C)C)CC4)cn4ncnc(N)c34)sc12.O=C(O)C(F)(F)F. The lowest BCUT2D eigenvalue weighted by atomic mass is 10.1. The Balaban J connectivity index is 0.000000541. The first kappa shape index (κ1) is 31.8. The zero-order chi connectivity index (χ0) is 31.7. The minimum Gasteiger partial charge on any atom is -0.495 e. The Bertz CT molecular complexity index is 1640. The van der Waals surface area contributed by atoms with E-state index in [1.807, 2.05) is 31.5 Å². The molecule has 4 heterocycles. The van der Waals surface area contributed by atoms with Crippen molar-refractivity contribution in [1.82, 2.24) is 24.4 Å². The zero-order valence-electron chi connectivity index (χ0n) is 24.4. The number of thiophene rings is 1. The second-order valence-corrected chi connectivity index (χ2v) is 12.1. The Morgan fingerprint density at radius 3 is 2.35 bits per heavy atom. The number of halogens is 3. The van der Waals surface area contributed by atoms with Crippen molar-refractivity contribution in [2.75, 3.05) is 39.0 Å². The van der Waals surface area contributed by atoms with Crippen LogP contribution in [-0.2, 0) is 16.1 Å². The number of rotatable bonds is 4. The Labute approximate surface area is 249 Å². The van der Waals surface area contributed by atoms with Gasteiger partial charge in [-0.05, 0) is 56.3 Å². The monoisotopic (exact) mass is 622 g/mol. The minimum absolute atomic E-state index is 0.255. The van der Waals surface area contributed by atoms with Gasteiger partial charge in [-0.15, -0.1) is 11.3 Å². The van der Waals surface area contributed by atoms with Crippen LogP contribution < -0.4 is 10.5 Å². The fraction of sp³-hybridized carbons (Fsp3) is 0.429. The van der Waals surface area contributed by atoms with E-state index in [4.69, 9.17) is 25.1 Å². The molecule has 4 aromatic rings. The molecule has 1 aliphatic heterocycles. The maximum absolute atomic E-state index is 12.5. The fourth-order valence-corrected chi connectivity index (χ4v) is 5.89. The number of methoxy groups -OCH3 is 1. The van der Waals surface area contributed by atoms with Crippen molar-refractivity contribution in [2.24, 2.45) is 0 Å². The molecule has 0 radical (unpaired) electrons. The molecule has 0 aliphatic carbocycles. The summed E-state index contributed by atoms with van der Waals surface area (Å²) in [6, 6.07) is 6.43. The molecule has 232 valence electrons. The summed E-state index contributed by atoms with van der Waals surface area (Å²) in [7, 11) is 1.70. The van der Waals surface area contributed by atoms with Gasteiger partial charge in [-0.3, -0.25) is 4.90 Å². The van der Waals surface area contributed by atoms with Crippen molar-refractivity contribution < 1.29 is 37.3 Å². The third kappa shape index (κ3) is 7.46. The third-order valence-corrected chi connectivity index (χ3v) is 7.72. The predicted molar refractivity (Wildman–Crippen MR) is 156 cm³/mol. The molecular weight excluding hydrogens is 589 g/mol. The Hall–Kier alpha value is -4.11. The highest BCUT2D eigenvalue weighted by atomic mass is 32.1. The van der Waals surface area contributed by atoms with Crippen LogP contribution in [0, 0.1) is 6.92 Å². The van der Waals surface area contributed by atoms with Crippen molar-refractivity contribution in [3.05, 3.63) is 41.9 Å². The van der Waals surface area contributed by atoms with Gasteiger partial charge in [-0.1, -0.05) is 6.07 Å². The number of fused-ring (bicyclic) bond motifs is 2. The van der Waals surface area contributed by atoms with Crippen LogP contribution in [-0.4, -0.2) is 86.6 Å². The summed E-state index contributed by atoms with van der Waals surface area (Å²) in [5.74, 6) is -1.44. The number of hydrogen-bond acceptors (Lipinski definition) is 9. The Morgan fingerprint density at radius 1 is 1.12 bits per heavy atom. The van der Waals surface area contributed by atoms with Crippen molar-refractivity contribution in [2.45, 2.75) is 46.0 Å². The average Bonchev–Trinajstić information content (AvgIpc) is 3.49. The largest absolute Gasteiger partial charge is 0.495 e. The summed E-state index contributed by atoms with van der Waals surface area (Å²) in [5, 5.41) is 12.7. The first-order valence-electron chi connectivity index (χ1n) is 13.3. The molecule has 0 atom stereocenters. The maximum atomic E-state index is 12.5. The number of benzene rings is 1. The lowest BCUT2D eigenvalue weighted by Crippen LogP contribution is -2.49. The zero-order valence-corrected chi connectivity index (χ0v) is 25.2. The molecule has 1 amide bonds. The number of aromatic nitrogens is 3. The number of nitrogens with two attached hydrogens (primary N) is 1.